The van der Waals surface area contributed by atoms with Gasteiger partial charge < -0.3 is 20.3 Å². The Morgan fingerprint density at radius 2 is 1.75 bits per heavy atom. The molecule has 24 heavy (non-hydrogen) atoms. The number of aldehydes is 1. The number of fused-ring (bicyclic) bond motifs is 1. The van der Waals surface area contributed by atoms with Crippen molar-refractivity contribution in [3.63, 3.8) is 0 Å². The van der Waals surface area contributed by atoms with Crippen LogP contribution in [0.2, 0.25) is 0 Å². The van der Waals surface area contributed by atoms with Crippen LogP contribution in [0.3, 0.4) is 0 Å². The summed E-state index contributed by atoms with van der Waals surface area (Å²) >= 11 is 0. The lowest BCUT2D eigenvalue weighted by Crippen LogP contribution is -1.93. The van der Waals surface area contributed by atoms with Crippen molar-refractivity contribution in [2.24, 2.45) is 0 Å². The number of hydrogen-bond donors (Lipinski definition) is 2. The van der Waals surface area contributed by atoms with Gasteiger partial charge in [0.05, 0.1) is 19.7 Å². The highest BCUT2D eigenvalue weighted by Crippen LogP contribution is 2.19. The summed E-state index contributed by atoms with van der Waals surface area (Å²) in [5.74, 6) is 1.37. The molecule has 7 nitrogen and oxygen atoms in total. The van der Waals surface area contributed by atoms with E-state index in [1.165, 1.54) is 0 Å². The molecule has 3 N–H and O–H groups in total. The van der Waals surface area contributed by atoms with Gasteiger partial charge in [0.1, 0.15) is 11.5 Å². The van der Waals surface area contributed by atoms with Gasteiger partial charge in [-0.2, -0.15) is 4.98 Å². The van der Waals surface area contributed by atoms with E-state index >= 15 is 0 Å². The molecule has 0 aliphatic carbocycles. The smallest absolute Gasteiger partial charge is 0.314 e. The van der Waals surface area contributed by atoms with Gasteiger partial charge in [0.25, 0.3) is 0 Å². The number of aromatic hydroxyl groups is 1. The fourth-order valence-corrected chi connectivity index (χ4v) is 1.91. The molecule has 0 fully saturated rings. The van der Waals surface area contributed by atoms with Gasteiger partial charge in [0.2, 0.25) is 0 Å². The Morgan fingerprint density at radius 1 is 1.08 bits per heavy atom. The van der Waals surface area contributed by atoms with Crippen molar-refractivity contribution < 1.29 is 19.4 Å². The minimum absolute atomic E-state index is 0.222. The van der Waals surface area contributed by atoms with Gasteiger partial charge in [-0.25, -0.2) is 4.98 Å². The van der Waals surface area contributed by atoms with E-state index < -0.39 is 0 Å². The average molecular weight is 327 g/mol. The van der Waals surface area contributed by atoms with Gasteiger partial charge in [0.15, 0.2) is 6.29 Å². The number of benzene rings is 2. The topological polar surface area (TPSA) is 108 Å². The molecule has 2 aromatic carbocycles. The van der Waals surface area contributed by atoms with E-state index in [1.807, 2.05) is 12.1 Å². The molecule has 124 valence electrons. The molecule has 1 aromatic heterocycles. The Kier molecular flexibility index (Phi) is 5.51. The zero-order valence-electron chi connectivity index (χ0n) is 13.3. The molecule has 0 bridgehead atoms. The number of aromatic nitrogens is 2. The van der Waals surface area contributed by atoms with E-state index in [9.17, 15) is 4.79 Å². The number of nitrogens with zero attached hydrogens (tertiary/aromatic N) is 2. The summed E-state index contributed by atoms with van der Waals surface area (Å²) in [5.41, 5.74) is 7.10. The molecule has 7 heteroatoms. The summed E-state index contributed by atoms with van der Waals surface area (Å²) in [5, 5.41) is 9.90. The Labute approximate surface area is 138 Å². The van der Waals surface area contributed by atoms with Crippen molar-refractivity contribution in [3.8, 4) is 17.5 Å². The predicted octanol–water partition coefficient (Wildman–Crippen LogP) is 2.43. The normalized spacial score (nSPS) is 9.75. The second-order valence-corrected chi connectivity index (χ2v) is 4.71. The molecule has 3 rings (SSSR count). The third kappa shape index (κ3) is 4.10. The first-order chi connectivity index (χ1) is 11.6. The monoisotopic (exact) mass is 327 g/mol. The van der Waals surface area contributed by atoms with Crippen LogP contribution >= 0.6 is 0 Å². The van der Waals surface area contributed by atoms with Crippen LogP contribution < -0.4 is 15.2 Å². The highest BCUT2D eigenvalue weighted by atomic mass is 16.5. The predicted molar refractivity (Wildman–Crippen MR) is 90.5 cm³/mol. The van der Waals surface area contributed by atoms with E-state index in [0.29, 0.717) is 28.3 Å². The maximum atomic E-state index is 10.3. The van der Waals surface area contributed by atoms with Crippen LogP contribution in [0.1, 0.15) is 10.4 Å². The fourth-order valence-electron chi connectivity index (χ4n) is 1.91. The van der Waals surface area contributed by atoms with Gasteiger partial charge in [-0.3, -0.25) is 4.79 Å². The van der Waals surface area contributed by atoms with Crippen LogP contribution in [0, 0.1) is 0 Å². The van der Waals surface area contributed by atoms with E-state index in [0.717, 1.165) is 11.7 Å². The molecule has 1 heterocycles. The summed E-state index contributed by atoms with van der Waals surface area (Å²) in [4.78, 5) is 17.8. The summed E-state index contributed by atoms with van der Waals surface area (Å²) in [6, 6.07) is 10.1. The van der Waals surface area contributed by atoms with Crippen LogP contribution in [0.25, 0.3) is 10.9 Å². The molecule has 0 aliphatic rings. The quantitative estimate of drug-likeness (QED) is 0.562. The third-order valence-corrected chi connectivity index (χ3v) is 3.20. The van der Waals surface area contributed by atoms with Gasteiger partial charge in [-0.1, -0.05) is 0 Å². The molecule has 0 saturated carbocycles. The Bertz CT molecular complexity index is 852. The molecular weight excluding hydrogens is 310 g/mol. The second-order valence-electron chi connectivity index (χ2n) is 4.71. The summed E-state index contributed by atoms with van der Waals surface area (Å²) < 4.78 is 9.92. The number of nitrogens with two attached hydrogens (primary N) is 1. The number of carbonyl (C=O) groups is 1. The van der Waals surface area contributed by atoms with Crippen molar-refractivity contribution >= 4 is 22.9 Å². The molecule has 0 spiro atoms. The molecule has 0 radical (unpaired) electrons. The molecule has 0 amide bonds. The first-order valence-electron chi connectivity index (χ1n) is 6.96. The van der Waals surface area contributed by atoms with E-state index in [-0.39, 0.29) is 6.01 Å². The molecule has 0 unspecified atom stereocenters. The standard InChI is InChI=1S/C9H8N2O2.C8H9NO2/c1-13-7-3-2-6-5-10-9(12)11-8(6)4-7;1-11-7-3-2-6(5-10)8(9)4-7/h2-5H,1H3,(H,10,11,12);2-5H,9H2,1H3. The van der Waals surface area contributed by atoms with Crippen molar-refractivity contribution in [1.29, 1.82) is 0 Å². The molecular formula is C17H17N3O4. The SMILES string of the molecule is COc1ccc(C=O)c(N)c1.COc1ccc2cnc(O)nc2c1. The van der Waals surface area contributed by atoms with E-state index in [4.69, 9.17) is 20.3 Å². The largest absolute Gasteiger partial charge is 0.497 e. The third-order valence-electron chi connectivity index (χ3n) is 3.20. The van der Waals surface area contributed by atoms with Crippen molar-refractivity contribution in [2.45, 2.75) is 0 Å². The lowest BCUT2D eigenvalue weighted by atomic mass is 10.2. The maximum absolute atomic E-state index is 10.3. The fraction of sp³-hybridized carbons (Fsp3) is 0.118. The number of methoxy groups -OCH3 is 2. The van der Waals surface area contributed by atoms with Crippen LogP contribution in [0.5, 0.6) is 17.5 Å². The molecule has 0 atom stereocenters. The summed E-state index contributed by atoms with van der Waals surface area (Å²) in [6.45, 7) is 0. The summed E-state index contributed by atoms with van der Waals surface area (Å²) in [6.07, 6.45) is 2.28. The van der Waals surface area contributed by atoms with Crippen molar-refractivity contribution in [3.05, 3.63) is 48.2 Å². The molecule has 3 aromatic rings. The number of ether oxygens (including phenoxy) is 2. The van der Waals surface area contributed by atoms with Crippen LogP contribution in [-0.4, -0.2) is 35.6 Å². The van der Waals surface area contributed by atoms with E-state index in [1.54, 1.807) is 44.7 Å². The highest BCUT2D eigenvalue weighted by Gasteiger charge is 1.99. The zero-order valence-corrected chi connectivity index (χ0v) is 13.3. The number of carbonyl (C=O) groups excluding carboxylic acids is 1. The maximum Gasteiger partial charge on any atom is 0.314 e. The lowest BCUT2D eigenvalue weighted by molar-refractivity contribution is 0.112. The van der Waals surface area contributed by atoms with Gasteiger partial charge in [-0.15, -0.1) is 0 Å². The summed E-state index contributed by atoms with van der Waals surface area (Å²) in [7, 11) is 3.14. The van der Waals surface area contributed by atoms with Crippen molar-refractivity contribution in [2.75, 3.05) is 20.0 Å². The first kappa shape index (κ1) is 17.0. The average Bonchev–Trinajstić information content (AvgIpc) is 2.61. The zero-order chi connectivity index (χ0) is 17.5. The lowest BCUT2D eigenvalue weighted by Gasteiger charge is -2.01. The number of anilines is 1. The highest BCUT2D eigenvalue weighted by molar-refractivity contribution is 5.83. The van der Waals surface area contributed by atoms with Crippen LogP contribution in [0.15, 0.2) is 42.6 Å². The number of hydrogen-bond acceptors (Lipinski definition) is 7. The van der Waals surface area contributed by atoms with Crippen LogP contribution in [-0.2, 0) is 0 Å². The molecule has 0 aliphatic heterocycles. The van der Waals surface area contributed by atoms with Gasteiger partial charge in [-0.05, 0) is 24.3 Å². The minimum Gasteiger partial charge on any atom is -0.497 e. The minimum atomic E-state index is -0.222. The Hall–Kier alpha value is -3.35. The number of rotatable bonds is 3. The van der Waals surface area contributed by atoms with E-state index in [2.05, 4.69) is 9.97 Å². The first-order valence-corrected chi connectivity index (χ1v) is 6.96. The Morgan fingerprint density at radius 3 is 2.38 bits per heavy atom. The van der Waals surface area contributed by atoms with Gasteiger partial charge in [0, 0.05) is 35.0 Å². The second kappa shape index (κ2) is 7.77. The van der Waals surface area contributed by atoms with Crippen LogP contribution in [0.4, 0.5) is 5.69 Å². The molecule has 0 saturated heterocycles. The number of nitrogen functional groups attached to an aromatic ring is 1. The Balaban J connectivity index is 0.000000177. The van der Waals surface area contributed by atoms with Crippen molar-refractivity contribution in [1.82, 2.24) is 9.97 Å². The van der Waals surface area contributed by atoms with Gasteiger partial charge >= 0.3 is 6.01 Å².